The summed E-state index contributed by atoms with van der Waals surface area (Å²) in [5.74, 6) is 0. The first kappa shape index (κ1) is 182. The second-order valence-electron chi connectivity index (χ2n) is 46.5. The average Bonchev–Trinajstić information content (AvgIpc) is 1.15. The number of rotatable bonds is 104. The van der Waals surface area contributed by atoms with Gasteiger partial charge in [-0.3, -0.25) is 0 Å². The zero-order chi connectivity index (χ0) is 114. The Kier molecular flexibility index (Phi) is 275. The van der Waals surface area contributed by atoms with Crippen molar-refractivity contribution in [1.29, 1.82) is 0 Å². The molecule has 0 aromatic rings. The molecule has 0 N–H and O–H groups in total. The van der Waals surface area contributed by atoms with Crippen LogP contribution in [-0.2, 0) is 0 Å². The Hall–Kier alpha value is 0. The van der Waals surface area contributed by atoms with E-state index in [-0.39, 0.29) is 0 Å². The SMILES string of the molecule is CCCCCCCC.CCCCCCCCC.CCCCCCCCCC.CCCCCCCCCC.CCCCCCCCCC.CCCCCCCCCC.CCCCCCCCCC.CCCCCCCCCC.CCCCCCCCCC.CCCCCCCCCC.CCCCCCCCCC.CCCCCCCCCC.CCCCCCCCCC.CCCCCCCCCC.CCCCCCCCCCCC. The number of unbranched alkanes of at least 4 members (excludes halogenated alkanes) is 104. The highest BCUT2D eigenvalue weighted by atomic mass is 14.1. The summed E-state index contributed by atoms with van der Waals surface area (Å²) < 4.78 is 0. The van der Waals surface area contributed by atoms with Gasteiger partial charge in [0, 0.05) is 0 Å². The van der Waals surface area contributed by atoms with Gasteiger partial charge in [0.15, 0.2) is 0 Å². The highest BCUT2D eigenvalue weighted by molar-refractivity contribution is 4.55. The minimum atomic E-state index is 1.36. The smallest absolute Gasteiger partial charge is 0.0533 e. The molecular formula is C149H328. The Morgan fingerprint density at radius 1 is 0.0336 bits per heavy atom. The maximum atomic E-state index is 2.28. The molecule has 0 heteroatoms. The summed E-state index contributed by atoms with van der Waals surface area (Å²) in [6.07, 6.45) is 170. The second-order valence-corrected chi connectivity index (χ2v) is 46.5. The molecule has 0 aliphatic rings. The Bertz CT molecular complexity index is 1180. The third-order valence-corrected chi connectivity index (χ3v) is 29.1. The van der Waals surface area contributed by atoms with Crippen molar-refractivity contribution in [2.45, 2.75) is 972 Å². The third kappa shape index (κ3) is 292. The summed E-state index contributed by atoms with van der Waals surface area (Å²) in [6.45, 7) is 68.1. The first-order valence-corrected chi connectivity index (χ1v) is 73.2. The lowest BCUT2D eigenvalue weighted by molar-refractivity contribution is 0.562. The van der Waals surface area contributed by atoms with Crippen LogP contribution in [0.25, 0.3) is 0 Å². The third-order valence-electron chi connectivity index (χ3n) is 29.1. The van der Waals surface area contributed by atoms with E-state index in [1.165, 1.54) is 764 Å². The van der Waals surface area contributed by atoms with Gasteiger partial charge < -0.3 is 0 Å². The standard InChI is InChI=1S/C12H26.12C10H22.C9H20.C8H18/c1-3-5-7-9-11-12-10-8-6-4-2;12*1-3-5-7-9-10-8-6-4-2;1-3-5-7-9-8-6-4-2;1-3-5-7-8-6-4-2/h3-12H2,1-2H3;12*3-10H2,1-2H3;3-9H2,1-2H3;3-8H2,1-2H3. The van der Waals surface area contributed by atoms with E-state index in [1.807, 2.05) is 0 Å². The van der Waals surface area contributed by atoms with Crippen LogP contribution in [0.2, 0.25) is 0 Å². The topological polar surface area (TPSA) is 0 Å². The first-order valence-electron chi connectivity index (χ1n) is 73.2. The molecule has 0 aliphatic carbocycles. The molecule has 0 amide bonds. The van der Waals surface area contributed by atoms with Crippen molar-refractivity contribution in [3.63, 3.8) is 0 Å². The zero-order valence-corrected chi connectivity index (χ0v) is 114. The van der Waals surface area contributed by atoms with Crippen molar-refractivity contribution in [1.82, 2.24) is 0 Å². The molecule has 0 fully saturated rings. The van der Waals surface area contributed by atoms with Gasteiger partial charge >= 0.3 is 0 Å². The van der Waals surface area contributed by atoms with Crippen LogP contribution in [0.1, 0.15) is 972 Å². The maximum absolute atomic E-state index is 2.28. The van der Waals surface area contributed by atoms with E-state index in [0.29, 0.717) is 0 Å². The molecule has 0 saturated heterocycles. The van der Waals surface area contributed by atoms with Crippen molar-refractivity contribution < 1.29 is 0 Å². The minimum absolute atomic E-state index is 1.36. The normalized spacial score (nSPS) is 10.2. The predicted molar refractivity (Wildman–Crippen MR) is 720 cm³/mol. The van der Waals surface area contributed by atoms with Gasteiger partial charge in [-0.2, -0.15) is 0 Å². The van der Waals surface area contributed by atoms with Crippen molar-refractivity contribution >= 4 is 0 Å². The molecule has 0 saturated carbocycles. The van der Waals surface area contributed by atoms with Gasteiger partial charge in [-0.05, 0) is 0 Å². The van der Waals surface area contributed by atoms with Gasteiger partial charge in [0.25, 0.3) is 0 Å². The number of hydrogen-bond donors (Lipinski definition) is 0. The molecule has 149 heavy (non-hydrogen) atoms. The molecule has 0 aromatic carbocycles. The van der Waals surface area contributed by atoms with Crippen LogP contribution in [0.15, 0.2) is 0 Å². The fraction of sp³-hybridized carbons (Fsp3) is 1.00. The van der Waals surface area contributed by atoms with Gasteiger partial charge in [0.1, 0.15) is 0 Å². The lowest BCUT2D eigenvalue weighted by atomic mass is 10.1. The summed E-state index contributed by atoms with van der Waals surface area (Å²) in [5.41, 5.74) is 0. The van der Waals surface area contributed by atoms with E-state index in [9.17, 15) is 0 Å². The minimum Gasteiger partial charge on any atom is -0.0654 e. The van der Waals surface area contributed by atoms with E-state index in [0.717, 1.165) is 0 Å². The van der Waals surface area contributed by atoms with Gasteiger partial charge in [0.05, 0.1) is 0 Å². The highest BCUT2D eigenvalue weighted by Crippen LogP contribution is 2.19. The quantitative estimate of drug-likeness (QED) is 0.0533. The average molecular weight is 2120 g/mol. The second kappa shape index (κ2) is 226. The maximum Gasteiger partial charge on any atom is -0.0533 e. The molecule has 0 spiro atoms. The Balaban J connectivity index is -0.0000000994. The summed E-state index contributed by atoms with van der Waals surface area (Å²) >= 11 is 0. The Morgan fingerprint density at radius 3 is 0.0738 bits per heavy atom. The largest absolute Gasteiger partial charge is 0.0654 e. The van der Waals surface area contributed by atoms with Crippen LogP contribution in [0.3, 0.4) is 0 Å². The van der Waals surface area contributed by atoms with E-state index < -0.39 is 0 Å². The molecule has 0 unspecified atom stereocenters. The van der Waals surface area contributed by atoms with E-state index in [4.69, 9.17) is 0 Å². The van der Waals surface area contributed by atoms with Crippen LogP contribution >= 0.6 is 0 Å². The molecular weight excluding hydrogens is 1790 g/mol. The first-order chi connectivity index (χ1) is 73.2. The molecule has 0 rings (SSSR count). The van der Waals surface area contributed by atoms with Crippen LogP contribution in [0.4, 0.5) is 0 Å². The number of hydrogen-bond acceptors (Lipinski definition) is 0. The summed E-state index contributed by atoms with van der Waals surface area (Å²) in [4.78, 5) is 0. The lowest BCUT2D eigenvalue weighted by Crippen LogP contribution is -1.80. The zero-order valence-electron chi connectivity index (χ0n) is 114. The van der Waals surface area contributed by atoms with E-state index >= 15 is 0 Å². The summed E-state index contributed by atoms with van der Waals surface area (Å²) in [5, 5.41) is 0. The van der Waals surface area contributed by atoms with Crippen molar-refractivity contribution in [2.24, 2.45) is 0 Å². The molecule has 0 heterocycles. The van der Waals surface area contributed by atoms with Crippen LogP contribution in [0.5, 0.6) is 0 Å². The highest BCUT2D eigenvalue weighted by Gasteiger charge is 2.00. The fourth-order valence-corrected chi connectivity index (χ4v) is 17.9. The molecule has 0 aliphatic heterocycles. The van der Waals surface area contributed by atoms with Gasteiger partial charge in [-0.15, -0.1) is 0 Å². The predicted octanol–water partition coefficient (Wildman–Crippen LogP) is 61.8. The molecule has 924 valence electrons. The molecule has 0 nitrogen and oxygen atoms in total. The monoisotopic (exact) mass is 2120 g/mol. The Labute approximate surface area is 965 Å². The van der Waals surface area contributed by atoms with Crippen LogP contribution < -0.4 is 0 Å². The molecule has 0 atom stereocenters. The van der Waals surface area contributed by atoms with Crippen molar-refractivity contribution in [3.05, 3.63) is 0 Å². The van der Waals surface area contributed by atoms with Crippen LogP contribution in [-0.4, -0.2) is 0 Å². The van der Waals surface area contributed by atoms with Gasteiger partial charge in [-0.25, -0.2) is 0 Å². The van der Waals surface area contributed by atoms with Crippen LogP contribution in [0, 0.1) is 0 Å². The molecule has 0 aromatic heterocycles. The summed E-state index contributed by atoms with van der Waals surface area (Å²) in [7, 11) is 0. The lowest BCUT2D eigenvalue weighted by Gasteiger charge is -1.99. The molecule has 0 bridgehead atoms. The van der Waals surface area contributed by atoms with Crippen molar-refractivity contribution in [2.75, 3.05) is 0 Å². The fourth-order valence-electron chi connectivity index (χ4n) is 17.9. The van der Waals surface area contributed by atoms with Gasteiger partial charge in [-0.1, -0.05) is 972 Å². The van der Waals surface area contributed by atoms with E-state index in [1.54, 1.807) is 0 Å². The van der Waals surface area contributed by atoms with E-state index in [2.05, 4.69) is 208 Å². The van der Waals surface area contributed by atoms with Gasteiger partial charge in [0.2, 0.25) is 0 Å². The van der Waals surface area contributed by atoms with Crippen molar-refractivity contribution in [3.8, 4) is 0 Å². The Morgan fingerprint density at radius 2 is 0.0537 bits per heavy atom. The molecule has 0 radical (unpaired) electrons. The summed E-state index contributed by atoms with van der Waals surface area (Å²) in [6, 6.07) is 0.